The maximum Gasteiger partial charge on any atom is 0.416 e. The van der Waals surface area contributed by atoms with Crippen LogP contribution in [0.2, 0.25) is 0 Å². The highest BCUT2D eigenvalue weighted by atomic mass is 19.4. The molecule has 1 aromatic heterocycles. The second-order valence-corrected chi connectivity index (χ2v) is 6.62. The number of hydrogen-bond donors (Lipinski definition) is 1. The Morgan fingerprint density at radius 2 is 2.11 bits per heavy atom. The van der Waals surface area contributed by atoms with Gasteiger partial charge in [0.15, 0.2) is 0 Å². The number of nitrogens with zero attached hydrogens (tertiary/aromatic N) is 2. The number of methoxy groups -OCH3 is 1. The molecule has 1 N–H and O–H groups in total. The Bertz CT molecular complexity index is 840. The Morgan fingerprint density at radius 3 is 2.86 bits per heavy atom. The lowest BCUT2D eigenvalue weighted by atomic mass is 10.0. The highest BCUT2D eigenvalue weighted by Crippen LogP contribution is 2.34. The third kappa shape index (κ3) is 4.62. The van der Waals surface area contributed by atoms with Gasteiger partial charge in [-0.2, -0.15) is 13.2 Å². The number of ether oxygens (including phenoxy) is 1. The molecule has 0 spiro atoms. The van der Waals surface area contributed by atoms with E-state index in [0.717, 1.165) is 24.6 Å². The summed E-state index contributed by atoms with van der Waals surface area (Å²) in [4.78, 5) is 18.5. The van der Waals surface area contributed by atoms with Crippen LogP contribution in [0.4, 0.5) is 18.9 Å². The van der Waals surface area contributed by atoms with Crippen molar-refractivity contribution >= 4 is 11.6 Å². The summed E-state index contributed by atoms with van der Waals surface area (Å²) in [7, 11) is 1.54. The normalized spacial score (nSPS) is 13.9. The van der Waals surface area contributed by atoms with E-state index >= 15 is 0 Å². The maximum atomic E-state index is 13.3. The van der Waals surface area contributed by atoms with E-state index < -0.39 is 11.7 Å². The van der Waals surface area contributed by atoms with Crippen LogP contribution >= 0.6 is 0 Å². The van der Waals surface area contributed by atoms with Gasteiger partial charge in [0.1, 0.15) is 0 Å². The lowest BCUT2D eigenvalue weighted by Gasteiger charge is -2.31. The molecular formula is C20H22F3N3O2. The van der Waals surface area contributed by atoms with Crippen molar-refractivity contribution in [2.75, 3.05) is 31.7 Å². The SMILES string of the molecule is COCCNC(=O)c1cnc2c(c1)N(Cc1ccccc1C(F)(F)F)CCC2. The van der Waals surface area contributed by atoms with E-state index in [4.69, 9.17) is 4.74 Å². The Labute approximate surface area is 161 Å². The molecule has 0 saturated heterocycles. The van der Waals surface area contributed by atoms with Gasteiger partial charge in [-0.3, -0.25) is 9.78 Å². The smallest absolute Gasteiger partial charge is 0.383 e. The molecule has 1 amide bonds. The van der Waals surface area contributed by atoms with Crippen LogP contribution in [0.3, 0.4) is 0 Å². The number of halogens is 3. The van der Waals surface area contributed by atoms with Crippen molar-refractivity contribution < 1.29 is 22.7 Å². The zero-order valence-corrected chi connectivity index (χ0v) is 15.6. The van der Waals surface area contributed by atoms with Crippen molar-refractivity contribution in [3.63, 3.8) is 0 Å². The summed E-state index contributed by atoms with van der Waals surface area (Å²) in [5.74, 6) is -0.284. The van der Waals surface area contributed by atoms with Crippen molar-refractivity contribution in [2.45, 2.75) is 25.6 Å². The summed E-state index contributed by atoms with van der Waals surface area (Å²) < 4.78 is 44.9. The Kier molecular flexibility index (Phi) is 6.18. The van der Waals surface area contributed by atoms with Gasteiger partial charge >= 0.3 is 6.18 Å². The van der Waals surface area contributed by atoms with Crippen molar-refractivity contribution in [3.8, 4) is 0 Å². The van der Waals surface area contributed by atoms with Crippen LogP contribution in [-0.4, -0.2) is 37.7 Å². The molecule has 0 radical (unpaired) electrons. The number of hydrogen-bond acceptors (Lipinski definition) is 4. The fraction of sp³-hybridized carbons (Fsp3) is 0.400. The monoisotopic (exact) mass is 393 g/mol. The van der Waals surface area contributed by atoms with Crippen LogP contribution in [0.1, 0.15) is 33.6 Å². The zero-order valence-electron chi connectivity index (χ0n) is 15.6. The molecule has 0 fully saturated rings. The van der Waals surface area contributed by atoms with E-state index in [-0.39, 0.29) is 18.0 Å². The largest absolute Gasteiger partial charge is 0.416 e. The molecule has 8 heteroatoms. The number of rotatable bonds is 6. The second-order valence-electron chi connectivity index (χ2n) is 6.62. The molecule has 2 heterocycles. The first-order valence-corrected chi connectivity index (χ1v) is 9.06. The number of anilines is 1. The lowest BCUT2D eigenvalue weighted by molar-refractivity contribution is -0.138. The van der Waals surface area contributed by atoms with Crippen molar-refractivity contribution in [2.24, 2.45) is 0 Å². The van der Waals surface area contributed by atoms with Gasteiger partial charge in [0.2, 0.25) is 0 Å². The molecule has 150 valence electrons. The van der Waals surface area contributed by atoms with E-state index in [0.29, 0.717) is 30.9 Å². The number of benzene rings is 1. The van der Waals surface area contributed by atoms with Crippen LogP contribution < -0.4 is 10.2 Å². The molecular weight excluding hydrogens is 371 g/mol. The van der Waals surface area contributed by atoms with Gasteiger partial charge in [0, 0.05) is 32.9 Å². The highest BCUT2D eigenvalue weighted by Gasteiger charge is 2.33. The van der Waals surface area contributed by atoms with E-state index in [1.807, 2.05) is 4.90 Å². The van der Waals surface area contributed by atoms with Gasteiger partial charge in [-0.05, 0) is 30.5 Å². The summed E-state index contributed by atoms with van der Waals surface area (Å²) in [6.07, 6.45) is -1.36. The van der Waals surface area contributed by atoms with Crippen molar-refractivity contribution in [1.29, 1.82) is 0 Å². The number of nitrogens with one attached hydrogen (secondary N) is 1. The summed E-state index contributed by atoms with van der Waals surface area (Å²) in [5.41, 5.74) is 1.46. The maximum absolute atomic E-state index is 13.3. The molecule has 5 nitrogen and oxygen atoms in total. The highest BCUT2D eigenvalue weighted by molar-refractivity contribution is 5.95. The minimum absolute atomic E-state index is 0.110. The predicted molar refractivity (Wildman–Crippen MR) is 99.3 cm³/mol. The van der Waals surface area contributed by atoms with Gasteiger partial charge < -0.3 is 15.0 Å². The van der Waals surface area contributed by atoms with Crippen LogP contribution in [0.15, 0.2) is 36.5 Å². The Balaban J connectivity index is 1.85. The average molecular weight is 393 g/mol. The standard InChI is InChI=1S/C20H22F3N3O2/c1-28-10-8-24-19(27)15-11-18-17(25-12-15)7-4-9-26(18)13-14-5-2-3-6-16(14)20(21,22)23/h2-3,5-6,11-12H,4,7-10,13H2,1H3,(H,24,27). The molecule has 0 atom stereocenters. The number of pyridine rings is 1. The topological polar surface area (TPSA) is 54.5 Å². The van der Waals surface area contributed by atoms with Gasteiger partial charge in [0.25, 0.3) is 5.91 Å². The molecule has 1 aromatic carbocycles. The minimum Gasteiger partial charge on any atom is -0.383 e. The number of amides is 1. The van der Waals surface area contributed by atoms with E-state index in [1.165, 1.54) is 18.3 Å². The number of alkyl halides is 3. The second kappa shape index (κ2) is 8.60. The first-order chi connectivity index (χ1) is 13.4. The van der Waals surface area contributed by atoms with Crippen LogP contribution in [0, 0.1) is 0 Å². The predicted octanol–water partition coefficient (Wildman–Crippen LogP) is 3.43. The molecule has 0 unspecified atom stereocenters. The number of carbonyl (C=O) groups is 1. The summed E-state index contributed by atoms with van der Waals surface area (Å²) >= 11 is 0. The van der Waals surface area contributed by atoms with Gasteiger partial charge in [0.05, 0.1) is 29.1 Å². The third-order valence-electron chi connectivity index (χ3n) is 4.67. The summed E-state index contributed by atoms with van der Waals surface area (Å²) in [6, 6.07) is 7.29. The van der Waals surface area contributed by atoms with Gasteiger partial charge in [-0.15, -0.1) is 0 Å². The molecule has 3 rings (SSSR count). The zero-order chi connectivity index (χ0) is 20.1. The quantitative estimate of drug-likeness (QED) is 0.764. The van der Waals surface area contributed by atoms with Gasteiger partial charge in [-0.25, -0.2) is 0 Å². The first kappa shape index (κ1) is 20.1. The molecule has 2 aromatic rings. The lowest BCUT2D eigenvalue weighted by Crippen LogP contribution is -2.32. The number of aryl methyl sites for hydroxylation is 1. The van der Waals surface area contributed by atoms with Crippen molar-refractivity contribution in [1.82, 2.24) is 10.3 Å². The molecule has 0 saturated carbocycles. The van der Waals surface area contributed by atoms with E-state index in [1.54, 1.807) is 19.2 Å². The third-order valence-corrected chi connectivity index (χ3v) is 4.67. The van der Waals surface area contributed by atoms with Crippen LogP contribution in [-0.2, 0) is 23.9 Å². The number of carbonyl (C=O) groups excluding carboxylic acids is 1. The fourth-order valence-electron chi connectivity index (χ4n) is 3.30. The molecule has 1 aliphatic rings. The van der Waals surface area contributed by atoms with Crippen molar-refractivity contribution in [3.05, 3.63) is 58.9 Å². The number of aromatic nitrogens is 1. The van der Waals surface area contributed by atoms with Gasteiger partial charge in [-0.1, -0.05) is 18.2 Å². The minimum atomic E-state index is -4.41. The van der Waals surface area contributed by atoms with E-state index in [2.05, 4.69) is 10.3 Å². The Hall–Kier alpha value is -2.61. The molecule has 28 heavy (non-hydrogen) atoms. The number of fused-ring (bicyclic) bond motifs is 1. The summed E-state index contributed by atoms with van der Waals surface area (Å²) in [6.45, 7) is 1.48. The Morgan fingerprint density at radius 1 is 1.32 bits per heavy atom. The average Bonchev–Trinajstić information content (AvgIpc) is 2.67. The molecule has 0 aliphatic carbocycles. The molecule has 0 bridgehead atoms. The van der Waals surface area contributed by atoms with Crippen LogP contribution in [0.5, 0.6) is 0 Å². The summed E-state index contributed by atoms with van der Waals surface area (Å²) in [5, 5.41) is 2.73. The fourth-order valence-corrected chi connectivity index (χ4v) is 3.30. The first-order valence-electron chi connectivity index (χ1n) is 9.06. The van der Waals surface area contributed by atoms with Crippen LogP contribution in [0.25, 0.3) is 0 Å². The molecule has 1 aliphatic heterocycles. The van der Waals surface area contributed by atoms with E-state index in [9.17, 15) is 18.0 Å².